The highest BCUT2D eigenvalue weighted by Gasteiger charge is 2.37. The Morgan fingerprint density at radius 2 is 1.74 bits per heavy atom. The number of ether oxygens (including phenoxy) is 1. The van der Waals surface area contributed by atoms with Crippen LogP contribution < -0.4 is 4.74 Å². The number of thiazole rings is 1. The number of carbonyl (C=O) groups excluding carboxylic acids is 2. The molecule has 0 atom stereocenters. The maximum absolute atomic E-state index is 13.3. The number of rotatable bonds is 8. The van der Waals surface area contributed by atoms with Crippen LogP contribution in [-0.2, 0) is 11.2 Å². The molecule has 2 amide bonds. The maximum atomic E-state index is 13.3. The number of halogens is 1. The molecule has 2 fully saturated rings. The van der Waals surface area contributed by atoms with E-state index in [1.807, 2.05) is 27.3 Å². The summed E-state index contributed by atoms with van der Waals surface area (Å²) >= 11 is 9.60. The van der Waals surface area contributed by atoms with Gasteiger partial charge in [-0.3, -0.25) is 14.5 Å². The first-order chi connectivity index (χ1) is 18.8. The normalized spacial score (nSPS) is 17.4. The largest absolute Gasteiger partial charge is 0.476 e. The lowest BCUT2D eigenvalue weighted by Gasteiger charge is -2.36. The summed E-state index contributed by atoms with van der Waals surface area (Å²) in [6.45, 7) is 9.15. The van der Waals surface area contributed by atoms with Gasteiger partial charge in [-0.05, 0) is 56.7 Å². The van der Waals surface area contributed by atoms with Crippen LogP contribution in [0.25, 0.3) is 0 Å². The molecule has 0 radical (unpaired) electrons. The van der Waals surface area contributed by atoms with Crippen LogP contribution in [0, 0.1) is 0 Å². The third kappa shape index (κ3) is 6.82. The van der Waals surface area contributed by atoms with Crippen LogP contribution in [0.3, 0.4) is 0 Å². The number of likely N-dealkylation sites (tertiary alicyclic amines) is 1. The molecule has 4 heterocycles. The quantitative estimate of drug-likeness (QED) is 0.352. The van der Waals surface area contributed by atoms with Gasteiger partial charge in [-0.15, -0.1) is 22.7 Å². The Balaban J connectivity index is 1.09. The molecule has 2 saturated heterocycles. The second-order valence-corrected chi connectivity index (χ2v) is 13.0. The number of para-hydroxylation sites is 1. The summed E-state index contributed by atoms with van der Waals surface area (Å²) in [6.07, 6.45) is 2.70. The van der Waals surface area contributed by atoms with Crippen LogP contribution in [0.15, 0.2) is 47.2 Å². The minimum atomic E-state index is -1.02. The number of hydrogen-bond acceptors (Lipinski definition) is 7. The number of aromatic nitrogens is 1. The molecule has 0 aliphatic carbocycles. The van der Waals surface area contributed by atoms with E-state index in [1.54, 1.807) is 48.7 Å². The van der Waals surface area contributed by atoms with Gasteiger partial charge in [-0.1, -0.05) is 29.8 Å². The Morgan fingerprint density at radius 3 is 2.44 bits per heavy atom. The number of hydrogen-bond donors (Lipinski definition) is 0. The molecule has 7 nitrogen and oxygen atoms in total. The topological polar surface area (TPSA) is 66.0 Å². The van der Waals surface area contributed by atoms with Crippen LogP contribution in [0.5, 0.6) is 5.75 Å². The zero-order valence-corrected chi connectivity index (χ0v) is 24.9. The van der Waals surface area contributed by atoms with Gasteiger partial charge in [0.1, 0.15) is 11.4 Å². The van der Waals surface area contributed by atoms with Gasteiger partial charge in [0.05, 0.1) is 10.0 Å². The Kier molecular flexibility index (Phi) is 8.91. The average molecular weight is 587 g/mol. The minimum absolute atomic E-state index is 0.0292. The lowest BCUT2D eigenvalue weighted by Crippen LogP contribution is -2.51. The molecule has 0 unspecified atom stereocenters. The predicted molar refractivity (Wildman–Crippen MR) is 157 cm³/mol. The van der Waals surface area contributed by atoms with Crippen molar-refractivity contribution < 1.29 is 14.3 Å². The van der Waals surface area contributed by atoms with Crippen molar-refractivity contribution in [1.29, 1.82) is 0 Å². The highest BCUT2D eigenvalue weighted by Crippen LogP contribution is 2.33. The van der Waals surface area contributed by atoms with E-state index in [2.05, 4.69) is 22.4 Å². The van der Waals surface area contributed by atoms with Crippen molar-refractivity contribution in [2.45, 2.75) is 44.6 Å². The predicted octanol–water partition coefficient (Wildman–Crippen LogP) is 5.42. The van der Waals surface area contributed by atoms with E-state index in [9.17, 15) is 9.59 Å². The Morgan fingerprint density at radius 1 is 1.00 bits per heavy atom. The van der Waals surface area contributed by atoms with Crippen molar-refractivity contribution >= 4 is 46.1 Å². The van der Waals surface area contributed by atoms with Crippen molar-refractivity contribution in [3.05, 3.63) is 67.8 Å². The van der Waals surface area contributed by atoms with Crippen LogP contribution in [0.4, 0.5) is 0 Å². The molecule has 2 aliphatic heterocycles. The summed E-state index contributed by atoms with van der Waals surface area (Å²) in [6, 6.07) is 11.5. The zero-order chi connectivity index (χ0) is 27.4. The standard InChI is InChI=1S/C29H35ClN4O3S2/c1-29(2,37-25-8-4-3-7-23(25)30)28(36)34-13-9-21(10-14-34)26-31-24(20-39-26)27(35)33-17-15-32(16-18-33)12-11-22-6-5-19-38-22/h3-8,19-21H,9-18H2,1-2H3. The monoisotopic (exact) mass is 586 g/mol. The average Bonchev–Trinajstić information content (AvgIpc) is 3.66. The molecule has 2 aliphatic rings. The molecule has 3 aromatic rings. The summed E-state index contributed by atoms with van der Waals surface area (Å²) < 4.78 is 6.01. The summed E-state index contributed by atoms with van der Waals surface area (Å²) in [4.78, 5) is 38.8. The fraction of sp³-hybridized carbons (Fsp3) is 0.483. The Hall–Kier alpha value is -2.46. The van der Waals surface area contributed by atoms with Gasteiger partial charge in [-0.2, -0.15) is 0 Å². The number of amides is 2. The SMILES string of the molecule is CC(C)(Oc1ccccc1Cl)C(=O)N1CCC(c2nc(C(=O)N3CCN(CCc4cccs4)CC3)cs2)CC1. The van der Waals surface area contributed by atoms with Crippen molar-refractivity contribution in [2.75, 3.05) is 45.8 Å². The number of thiophene rings is 1. The summed E-state index contributed by atoms with van der Waals surface area (Å²) in [5.41, 5.74) is -0.470. The lowest BCUT2D eigenvalue weighted by molar-refractivity contribution is -0.146. The third-order valence-corrected chi connectivity index (χ3v) is 9.76. The van der Waals surface area contributed by atoms with Crippen molar-refractivity contribution in [3.8, 4) is 5.75 Å². The summed E-state index contributed by atoms with van der Waals surface area (Å²) in [5, 5.41) is 5.50. The van der Waals surface area contributed by atoms with Crippen molar-refractivity contribution in [2.24, 2.45) is 0 Å². The lowest BCUT2D eigenvalue weighted by atomic mass is 9.96. The zero-order valence-electron chi connectivity index (χ0n) is 22.5. The van der Waals surface area contributed by atoms with Gasteiger partial charge in [0, 0.05) is 62.0 Å². The first-order valence-electron chi connectivity index (χ1n) is 13.5. The van der Waals surface area contributed by atoms with E-state index in [0.717, 1.165) is 57.0 Å². The second-order valence-electron chi connectivity index (χ2n) is 10.6. The number of piperazine rings is 1. The van der Waals surface area contributed by atoms with Gasteiger partial charge in [0.25, 0.3) is 11.8 Å². The van der Waals surface area contributed by atoms with Crippen molar-refractivity contribution in [1.82, 2.24) is 19.7 Å². The third-order valence-electron chi connectivity index (χ3n) is 7.50. The minimum Gasteiger partial charge on any atom is -0.476 e. The molecule has 0 saturated carbocycles. The second kappa shape index (κ2) is 12.4. The van der Waals surface area contributed by atoms with Gasteiger partial charge in [0.15, 0.2) is 5.60 Å². The van der Waals surface area contributed by atoms with Gasteiger partial charge >= 0.3 is 0 Å². The molecule has 5 rings (SSSR count). The highest BCUT2D eigenvalue weighted by atomic mass is 35.5. The Bertz CT molecular complexity index is 1260. The number of nitrogens with zero attached hydrogens (tertiary/aromatic N) is 4. The molecule has 39 heavy (non-hydrogen) atoms. The maximum Gasteiger partial charge on any atom is 0.273 e. The van der Waals surface area contributed by atoms with E-state index in [0.29, 0.717) is 29.6 Å². The number of carbonyl (C=O) groups is 2. The Labute approximate surface area is 243 Å². The van der Waals surface area contributed by atoms with Crippen LogP contribution >= 0.6 is 34.3 Å². The van der Waals surface area contributed by atoms with E-state index in [1.165, 1.54) is 4.88 Å². The highest BCUT2D eigenvalue weighted by molar-refractivity contribution is 7.10. The van der Waals surface area contributed by atoms with Crippen LogP contribution in [0.1, 0.15) is 53.0 Å². The van der Waals surface area contributed by atoms with E-state index < -0.39 is 5.60 Å². The number of benzene rings is 1. The summed E-state index contributed by atoms with van der Waals surface area (Å²) in [5.74, 6) is 0.737. The van der Waals surface area contributed by atoms with Crippen LogP contribution in [0.2, 0.25) is 5.02 Å². The molecular weight excluding hydrogens is 552 g/mol. The molecule has 0 bridgehead atoms. The van der Waals surface area contributed by atoms with Gasteiger partial charge in [0.2, 0.25) is 0 Å². The molecule has 10 heteroatoms. The summed E-state index contributed by atoms with van der Waals surface area (Å²) in [7, 11) is 0. The first-order valence-corrected chi connectivity index (χ1v) is 15.7. The molecule has 1 aromatic carbocycles. The molecule has 2 aromatic heterocycles. The fourth-order valence-corrected chi connectivity index (χ4v) is 7.03. The molecule has 0 N–H and O–H groups in total. The van der Waals surface area contributed by atoms with Crippen LogP contribution in [-0.4, -0.2) is 82.9 Å². The van der Waals surface area contributed by atoms with E-state index in [-0.39, 0.29) is 17.7 Å². The van der Waals surface area contributed by atoms with Gasteiger partial charge < -0.3 is 14.5 Å². The van der Waals surface area contributed by atoms with Crippen molar-refractivity contribution in [3.63, 3.8) is 0 Å². The van der Waals surface area contributed by atoms with E-state index >= 15 is 0 Å². The van der Waals surface area contributed by atoms with Gasteiger partial charge in [-0.25, -0.2) is 4.98 Å². The smallest absolute Gasteiger partial charge is 0.273 e. The number of piperidine rings is 1. The fourth-order valence-electron chi connectivity index (χ4n) is 5.19. The van der Waals surface area contributed by atoms with E-state index in [4.69, 9.17) is 21.3 Å². The molecule has 208 valence electrons. The molecule has 0 spiro atoms. The first kappa shape index (κ1) is 28.1. The molecular formula is C29H35ClN4O3S2.